The number of carbonyl (C=O) groups is 1. The summed E-state index contributed by atoms with van der Waals surface area (Å²) < 4.78 is 13.0. The van der Waals surface area contributed by atoms with Gasteiger partial charge in [-0.1, -0.05) is 13.8 Å². The first-order valence-corrected chi connectivity index (χ1v) is 5.87. The van der Waals surface area contributed by atoms with Gasteiger partial charge in [-0.15, -0.1) is 0 Å². The summed E-state index contributed by atoms with van der Waals surface area (Å²) in [5.74, 6) is -1.25. The third-order valence-electron chi connectivity index (χ3n) is 3.85. The van der Waals surface area contributed by atoms with Crippen molar-refractivity contribution in [3.8, 4) is 5.75 Å². The molecule has 0 spiro atoms. The number of benzene rings is 1. The number of halogens is 1. The molecule has 98 valence electrons. The second-order valence-electron chi connectivity index (χ2n) is 5.35. The lowest BCUT2D eigenvalue weighted by molar-refractivity contribution is 0.0584. The van der Waals surface area contributed by atoms with E-state index >= 15 is 0 Å². The molecule has 2 atom stereocenters. The number of aromatic hydroxyl groups is 1. The zero-order valence-corrected chi connectivity index (χ0v) is 10.4. The Bertz CT molecular complexity index is 488. The van der Waals surface area contributed by atoms with Crippen molar-refractivity contribution in [1.29, 1.82) is 0 Å². The van der Waals surface area contributed by atoms with Crippen molar-refractivity contribution in [2.45, 2.75) is 32.4 Å². The molecule has 2 unspecified atom stereocenters. The molecule has 0 radical (unpaired) electrons. The maximum atomic E-state index is 13.0. The fourth-order valence-corrected chi connectivity index (χ4v) is 2.13. The molecule has 1 aliphatic rings. The van der Waals surface area contributed by atoms with Crippen molar-refractivity contribution in [1.82, 2.24) is 5.32 Å². The van der Waals surface area contributed by atoms with E-state index in [4.69, 9.17) is 5.73 Å². The minimum atomic E-state index is -0.553. The Hall–Kier alpha value is -1.62. The molecular weight excluding hydrogens is 235 g/mol. The van der Waals surface area contributed by atoms with Crippen LogP contribution >= 0.6 is 0 Å². The fraction of sp³-hybridized carbons (Fsp3) is 0.462. The third-order valence-corrected chi connectivity index (χ3v) is 3.85. The zero-order valence-electron chi connectivity index (χ0n) is 10.4. The molecule has 1 aliphatic carbocycles. The van der Waals surface area contributed by atoms with Crippen molar-refractivity contribution >= 4 is 5.91 Å². The van der Waals surface area contributed by atoms with E-state index in [9.17, 15) is 14.3 Å². The van der Waals surface area contributed by atoms with Crippen molar-refractivity contribution in [3.63, 3.8) is 0 Å². The number of nitrogens with two attached hydrogens (primary N) is 1. The van der Waals surface area contributed by atoms with Crippen LogP contribution in [0.3, 0.4) is 0 Å². The van der Waals surface area contributed by atoms with Gasteiger partial charge in [0.2, 0.25) is 0 Å². The van der Waals surface area contributed by atoms with Gasteiger partial charge in [0.15, 0.2) is 0 Å². The molecule has 1 amide bonds. The first-order chi connectivity index (χ1) is 8.32. The monoisotopic (exact) mass is 252 g/mol. The smallest absolute Gasteiger partial charge is 0.255 e. The molecule has 0 aromatic heterocycles. The quantitative estimate of drug-likeness (QED) is 0.744. The topological polar surface area (TPSA) is 75.3 Å². The van der Waals surface area contributed by atoms with Crippen LogP contribution in [0.2, 0.25) is 0 Å². The van der Waals surface area contributed by atoms with Gasteiger partial charge >= 0.3 is 0 Å². The molecule has 0 aliphatic heterocycles. The lowest BCUT2D eigenvalue weighted by Gasteiger charge is -2.50. The number of hydrogen-bond donors (Lipinski definition) is 3. The van der Waals surface area contributed by atoms with Crippen LogP contribution in [0.5, 0.6) is 5.75 Å². The Labute approximate surface area is 105 Å². The van der Waals surface area contributed by atoms with Crippen molar-refractivity contribution in [2.24, 2.45) is 11.1 Å². The van der Waals surface area contributed by atoms with Crippen LogP contribution < -0.4 is 11.1 Å². The van der Waals surface area contributed by atoms with E-state index in [0.29, 0.717) is 6.42 Å². The van der Waals surface area contributed by atoms with Gasteiger partial charge in [0.1, 0.15) is 11.6 Å². The first-order valence-electron chi connectivity index (χ1n) is 5.87. The van der Waals surface area contributed by atoms with E-state index in [-0.39, 0.29) is 28.8 Å². The average molecular weight is 252 g/mol. The summed E-state index contributed by atoms with van der Waals surface area (Å²) in [6.45, 7) is 3.94. The van der Waals surface area contributed by atoms with E-state index in [1.54, 1.807) is 0 Å². The number of phenols is 1. The second-order valence-corrected chi connectivity index (χ2v) is 5.35. The Morgan fingerprint density at radius 2 is 2.22 bits per heavy atom. The number of amides is 1. The molecule has 4 nitrogen and oxygen atoms in total. The van der Waals surface area contributed by atoms with Gasteiger partial charge in [-0.2, -0.15) is 0 Å². The number of carbonyl (C=O) groups excluding carboxylic acids is 1. The van der Waals surface area contributed by atoms with Crippen LogP contribution in [0.4, 0.5) is 4.39 Å². The third kappa shape index (κ3) is 2.06. The zero-order chi connectivity index (χ0) is 13.5. The summed E-state index contributed by atoms with van der Waals surface area (Å²) in [4.78, 5) is 11.9. The van der Waals surface area contributed by atoms with Crippen LogP contribution in [0.1, 0.15) is 30.6 Å². The van der Waals surface area contributed by atoms with Crippen LogP contribution in [0.15, 0.2) is 18.2 Å². The molecule has 5 heteroatoms. The molecule has 1 fully saturated rings. The van der Waals surface area contributed by atoms with Crippen molar-refractivity contribution in [3.05, 3.63) is 29.6 Å². The van der Waals surface area contributed by atoms with Crippen LogP contribution in [-0.4, -0.2) is 23.1 Å². The van der Waals surface area contributed by atoms with Gasteiger partial charge in [0.05, 0.1) is 5.56 Å². The number of hydrogen-bond acceptors (Lipinski definition) is 3. The summed E-state index contributed by atoms with van der Waals surface area (Å²) in [7, 11) is 0. The van der Waals surface area contributed by atoms with E-state index in [1.807, 2.05) is 13.8 Å². The Balaban J connectivity index is 2.12. The lowest BCUT2D eigenvalue weighted by atomic mass is 9.63. The molecule has 1 aromatic carbocycles. The average Bonchev–Trinajstić information content (AvgIpc) is 2.31. The summed E-state index contributed by atoms with van der Waals surface area (Å²) in [6, 6.07) is 3.29. The molecule has 1 saturated carbocycles. The number of rotatable bonds is 2. The SMILES string of the molecule is CC1(C)C(N)CC1NC(=O)c1cc(F)ccc1O. The van der Waals surface area contributed by atoms with Gasteiger partial charge in [0.25, 0.3) is 5.91 Å². The summed E-state index contributed by atoms with van der Waals surface area (Å²) in [5.41, 5.74) is 5.62. The van der Waals surface area contributed by atoms with Gasteiger partial charge in [-0.3, -0.25) is 4.79 Å². The highest BCUT2D eigenvalue weighted by Gasteiger charge is 2.46. The molecule has 0 bridgehead atoms. The lowest BCUT2D eigenvalue weighted by Crippen LogP contribution is -2.64. The second kappa shape index (κ2) is 4.24. The molecule has 0 heterocycles. The Morgan fingerprint density at radius 1 is 1.56 bits per heavy atom. The molecular formula is C13H17FN2O2. The maximum Gasteiger partial charge on any atom is 0.255 e. The largest absolute Gasteiger partial charge is 0.507 e. The molecule has 1 aromatic rings. The highest BCUT2D eigenvalue weighted by atomic mass is 19.1. The van der Waals surface area contributed by atoms with Gasteiger partial charge in [0, 0.05) is 17.5 Å². The fourth-order valence-electron chi connectivity index (χ4n) is 2.13. The van der Waals surface area contributed by atoms with E-state index < -0.39 is 11.7 Å². The molecule has 2 rings (SSSR count). The normalized spacial score (nSPS) is 25.3. The molecule has 18 heavy (non-hydrogen) atoms. The van der Waals surface area contributed by atoms with E-state index in [2.05, 4.69) is 5.32 Å². The Morgan fingerprint density at radius 3 is 2.78 bits per heavy atom. The van der Waals surface area contributed by atoms with Crippen LogP contribution in [0, 0.1) is 11.2 Å². The molecule has 4 N–H and O–H groups in total. The minimum Gasteiger partial charge on any atom is -0.507 e. The van der Waals surface area contributed by atoms with Crippen molar-refractivity contribution < 1.29 is 14.3 Å². The number of nitrogens with one attached hydrogen (secondary N) is 1. The number of phenolic OH excluding ortho intramolecular Hbond substituents is 1. The van der Waals surface area contributed by atoms with Crippen LogP contribution in [-0.2, 0) is 0 Å². The van der Waals surface area contributed by atoms with Crippen LogP contribution in [0.25, 0.3) is 0 Å². The van der Waals surface area contributed by atoms with Crippen molar-refractivity contribution in [2.75, 3.05) is 0 Å². The van der Waals surface area contributed by atoms with Gasteiger partial charge in [-0.25, -0.2) is 4.39 Å². The first kappa shape index (κ1) is 12.8. The standard InChI is InChI=1S/C13H17FN2O2/c1-13(2)10(15)6-11(13)16-12(18)8-5-7(14)3-4-9(8)17/h3-5,10-11,17H,6,15H2,1-2H3,(H,16,18). The summed E-state index contributed by atoms with van der Waals surface area (Å²) in [5, 5.41) is 12.3. The highest BCUT2D eigenvalue weighted by molar-refractivity contribution is 5.97. The maximum absolute atomic E-state index is 13.0. The van der Waals surface area contributed by atoms with Gasteiger partial charge in [-0.05, 0) is 24.6 Å². The predicted molar refractivity (Wildman–Crippen MR) is 65.7 cm³/mol. The van der Waals surface area contributed by atoms with E-state index in [0.717, 1.165) is 12.1 Å². The van der Waals surface area contributed by atoms with Gasteiger partial charge < -0.3 is 16.2 Å². The predicted octanol–water partition coefficient (Wildman–Crippen LogP) is 1.39. The summed E-state index contributed by atoms with van der Waals surface area (Å²) in [6.07, 6.45) is 0.689. The summed E-state index contributed by atoms with van der Waals surface area (Å²) >= 11 is 0. The Kier molecular flexibility index (Phi) is 3.02. The van der Waals surface area contributed by atoms with E-state index in [1.165, 1.54) is 6.07 Å². The highest BCUT2D eigenvalue weighted by Crippen LogP contribution is 2.39. The molecule has 0 saturated heterocycles. The minimum absolute atomic E-state index is 0.0453.